The number of carbonyl (C=O) groups excluding carboxylic acids is 1. The third-order valence-electron chi connectivity index (χ3n) is 4.68. The molecule has 0 saturated carbocycles. The lowest BCUT2D eigenvalue weighted by molar-refractivity contribution is -0.117. The van der Waals surface area contributed by atoms with Gasteiger partial charge in [-0.15, -0.1) is 0 Å². The Hall–Kier alpha value is -3.05. The number of amides is 1. The smallest absolute Gasteiger partial charge is 0.253 e. The zero-order valence-corrected chi connectivity index (χ0v) is 17.8. The summed E-state index contributed by atoms with van der Waals surface area (Å²) in [4.78, 5) is 12.6. The Morgan fingerprint density at radius 2 is 1.77 bits per heavy atom. The number of nitrogens with two attached hydrogens (primary N) is 1. The van der Waals surface area contributed by atoms with Crippen molar-refractivity contribution in [2.24, 2.45) is 11.7 Å². The van der Waals surface area contributed by atoms with Crippen molar-refractivity contribution >= 4 is 5.91 Å². The molecule has 5 heteroatoms. The highest BCUT2D eigenvalue weighted by atomic mass is 16.5. The van der Waals surface area contributed by atoms with Crippen LogP contribution in [0.25, 0.3) is 0 Å². The molecule has 0 bridgehead atoms. The van der Waals surface area contributed by atoms with Gasteiger partial charge in [-0.1, -0.05) is 55.8 Å². The fourth-order valence-electron chi connectivity index (χ4n) is 2.90. The lowest BCUT2D eigenvalue weighted by Crippen LogP contribution is -2.25. The highest BCUT2D eigenvalue weighted by Gasteiger charge is 2.09. The summed E-state index contributed by atoms with van der Waals surface area (Å²) in [6.45, 7) is 4.44. The number of hydrogen-bond acceptors (Lipinski definition) is 4. The van der Waals surface area contributed by atoms with Crippen LogP contribution >= 0.6 is 0 Å². The van der Waals surface area contributed by atoms with E-state index in [0.717, 1.165) is 36.3 Å². The van der Waals surface area contributed by atoms with Gasteiger partial charge in [-0.05, 0) is 55.5 Å². The van der Waals surface area contributed by atoms with Gasteiger partial charge in [0.2, 0.25) is 0 Å². The van der Waals surface area contributed by atoms with E-state index in [1.54, 1.807) is 13.0 Å². The molecular formula is C25H32N2O3. The van der Waals surface area contributed by atoms with Gasteiger partial charge in [-0.25, -0.2) is 0 Å². The van der Waals surface area contributed by atoms with Gasteiger partial charge in [-0.3, -0.25) is 4.79 Å². The van der Waals surface area contributed by atoms with Crippen LogP contribution in [0.4, 0.5) is 0 Å². The van der Waals surface area contributed by atoms with E-state index in [1.165, 1.54) is 0 Å². The summed E-state index contributed by atoms with van der Waals surface area (Å²) in [5.41, 5.74) is 7.86. The van der Waals surface area contributed by atoms with Crippen LogP contribution in [-0.4, -0.2) is 17.6 Å². The molecule has 0 fully saturated rings. The van der Waals surface area contributed by atoms with Crippen molar-refractivity contribution < 1.29 is 14.6 Å². The second-order valence-corrected chi connectivity index (χ2v) is 7.39. The van der Waals surface area contributed by atoms with Gasteiger partial charge in [0.1, 0.15) is 11.5 Å². The Balaban J connectivity index is 1.88. The minimum absolute atomic E-state index is 0.196. The predicted octanol–water partition coefficient (Wildman–Crippen LogP) is 4.68. The number of para-hydroxylation sites is 1. The van der Waals surface area contributed by atoms with Crippen molar-refractivity contribution in [3.63, 3.8) is 0 Å². The Kier molecular flexibility index (Phi) is 9.68. The van der Waals surface area contributed by atoms with E-state index in [2.05, 4.69) is 12.2 Å². The van der Waals surface area contributed by atoms with Gasteiger partial charge in [0.05, 0.1) is 5.57 Å². The number of carbonyl (C=O) groups is 1. The van der Waals surface area contributed by atoms with Gasteiger partial charge in [-0.2, -0.15) is 0 Å². The van der Waals surface area contributed by atoms with Crippen molar-refractivity contribution in [2.45, 2.75) is 39.7 Å². The number of aliphatic hydroxyl groups is 1. The maximum absolute atomic E-state index is 12.6. The normalized spacial score (nSPS) is 13.0. The Morgan fingerprint density at radius 1 is 1.10 bits per heavy atom. The van der Waals surface area contributed by atoms with E-state index in [9.17, 15) is 4.79 Å². The summed E-state index contributed by atoms with van der Waals surface area (Å²) in [6.07, 6.45) is 6.52. The van der Waals surface area contributed by atoms with Crippen LogP contribution < -0.4 is 15.8 Å². The zero-order chi connectivity index (χ0) is 21.8. The van der Waals surface area contributed by atoms with Crippen molar-refractivity contribution in [1.29, 1.82) is 0 Å². The second kappa shape index (κ2) is 12.5. The monoisotopic (exact) mass is 408 g/mol. The average molecular weight is 409 g/mol. The molecule has 1 unspecified atom stereocenters. The molecule has 0 aliphatic carbocycles. The van der Waals surface area contributed by atoms with Crippen LogP contribution in [0, 0.1) is 5.92 Å². The lowest BCUT2D eigenvalue weighted by atomic mass is 10.0. The summed E-state index contributed by atoms with van der Waals surface area (Å²) in [7, 11) is 0. The minimum Gasteiger partial charge on any atom is -0.457 e. The second-order valence-electron chi connectivity index (χ2n) is 7.39. The molecule has 0 spiro atoms. The summed E-state index contributed by atoms with van der Waals surface area (Å²) in [6, 6.07) is 17.2. The quantitative estimate of drug-likeness (QED) is 0.286. The molecule has 0 aromatic heterocycles. The molecule has 2 aromatic carbocycles. The molecule has 160 valence electrons. The van der Waals surface area contributed by atoms with Crippen molar-refractivity contribution in [3.8, 4) is 11.5 Å². The number of unbranched alkanes of at least 4 members (excludes halogenated alkanes) is 1. The van der Waals surface area contributed by atoms with E-state index < -0.39 is 0 Å². The van der Waals surface area contributed by atoms with Crippen molar-refractivity contribution in [1.82, 2.24) is 5.32 Å². The molecule has 30 heavy (non-hydrogen) atoms. The molecule has 5 nitrogen and oxygen atoms in total. The van der Waals surface area contributed by atoms with Gasteiger partial charge in [0.25, 0.3) is 5.91 Å². The fourth-order valence-corrected chi connectivity index (χ4v) is 2.90. The van der Waals surface area contributed by atoms with Crippen LogP contribution in [0.15, 0.2) is 78.0 Å². The number of aliphatic hydroxyl groups excluding tert-OH is 1. The summed E-state index contributed by atoms with van der Waals surface area (Å²) in [5.74, 6) is 1.64. The molecule has 0 saturated heterocycles. The number of nitrogens with one attached hydrogen (secondary N) is 1. The summed E-state index contributed by atoms with van der Waals surface area (Å²) < 4.78 is 5.78. The maximum atomic E-state index is 12.6. The average Bonchev–Trinajstić information content (AvgIpc) is 2.74. The number of hydrogen-bond donors (Lipinski definition) is 3. The lowest BCUT2D eigenvalue weighted by Gasteiger charge is -2.10. The molecule has 0 aliphatic rings. The van der Waals surface area contributed by atoms with Gasteiger partial charge in [0.15, 0.2) is 0 Å². The first-order chi connectivity index (χ1) is 14.5. The third kappa shape index (κ3) is 8.13. The van der Waals surface area contributed by atoms with E-state index in [1.807, 2.05) is 60.7 Å². The van der Waals surface area contributed by atoms with Crippen LogP contribution in [0.3, 0.4) is 0 Å². The number of allylic oxidation sites excluding steroid dienone is 2. The molecule has 0 aliphatic heterocycles. The van der Waals surface area contributed by atoms with E-state index >= 15 is 0 Å². The highest BCUT2D eigenvalue weighted by Crippen LogP contribution is 2.21. The molecule has 1 atom stereocenters. The molecule has 2 rings (SSSR count). The summed E-state index contributed by atoms with van der Waals surface area (Å²) in [5, 5.41) is 11.8. The number of ether oxygens (including phenoxy) is 1. The Labute approximate surface area is 179 Å². The highest BCUT2D eigenvalue weighted by molar-refractivity contribution is 5.96. The van der Waals surface area contributed by atoms with Crippen LogP contribution in [0.5, 0.6) is 11.5 Å². The maximum Gasteiger partial charge on any atom is 0.253 e. The van der Waals surface area contributed by atoms with Crippen molar-refractivity contribution in [2.75, 3.05) is 6.61 Å². The molecule has 2 aromatic rings. The van der Waals surface area contributed by atoms with E-state index in [0.29, 0.717) is 23.7 Å². The fraction of sp³-hybridized carbons (Fsp3) is 0.320. The van der Waals surface area contributed by atoms with Gasteiger partial charge >= 0.3 is 0 Å². The first-order valence-electron chi connectivity index (χ1n) is 10.3. The molecule has 0 radical (unpaired) electrons. The van der Waals surface area contributed by atoms with E-state index in [4.69, 9.17) is 15.6 Å². The van der Waals surface area contributed by atoms with Gasteiger partial charge < -0.3 is 20.9 Å². The first-order valence-corrected chi connectivity index (χ1v) is 10.3. The summed E-state index contributed by atoms with van der Waals surface area (Å²) >= 11 is 0. The standard InChI is InChI=1S/C25H32N2O3/c1-19(8-6-7-17-28)11-16-24(20(2)26)25(29)27-18-21-12-14-23(15-13-21)30-22-9-4-3-5-10-22/h3-5,9-16,19,28H,6-8,17-18,26H2,1-2H3,(H,27,29)/b16-11-,24-20-. The minimum atomic E-state index is -0.196. The molecule has 0 heterocycles. The Bertz CT molecular complexity index is 838. The molecule has 4 N–H and O–H groups in total. The topological polar surface area (TPSA) is 84.6 Å². The van der Waals surface area contributed by atoms with Gasteiger partial charge in [0, 0.05) is 18.8 Å². The number of benzene rings is 2. The third-order valence-corrected chi connectivity index (χ3v) is 4.68. The van der Waals surface area contributed by atoms with Crippen LogP contribution in [0.1, 0.15) is 38.7 Å². The molecular weight excluding hydrogens is 376 g/mol. The van der Waals surface area contributed by atoms with Crippen molar-refractivity contribution in [3.05, 3.63) is 83.6 Å². The first kappa shape index (κ1) is 23.2. The largest absolute Gasteiger partial charge is 0.457 e. The Morgan fingerprint density at radius 3 is 2.40 bits per heavy atom. The SMILES string of the molecule is C/C(N)=C(\C=C/C(C)CCCCO)C(=O)NCc1ccc(Oc2ccccc2)cc1. The van der Waals surface area contributed by atoms with Crippen LogP contribution in [0.2, 0.25) is 0 Å². The predicted molar refractivity (Wildman–Crippen MR) is 121 cm³/mol. The van der Waals surface area contributed by atoms with E-state index in [-0.39, 0.29) is 12.5 Å². The molecule has 1 amide bonds. The number of rotatable bonds is 11. The van der Waals surface area contributed by atoms with Crippen LogP contribution in [-0.2, 0) is 11.3 Å². The zero-order valence-electron chi connectivity index (χ0n) is 17.8.